The molecule has 0 radical (unpaired) electrons. The maximum Gasteiger partial charge on any atom is 0.170 e. The minimum Gasteiger partial charge on any atom is -0.493 e. The summed E-state index contributed by atoms with van der Waals surface area (Å²) >= 11 is 0. The van der Waals surface area contributed by atoms with Crippen molar-refractivity contribution >= 4 is 6.21 Å². The second-order valence-electron chi connectivity index (χ2n) is 4.52. The van der Waals surface area contributed by atoms with Crippen LogP contribution in [-0.2, 0) is 0 Å². The SMILES string of the molecule is COc1cccc(C=NO)c1OCCN1CCCC1. The Labute approximate surface area is 113 Å². The monoisotopic (exact) mass is 264 g/mol. The van der Waals surface area contributed by atoms with Crippen LogP contribution in [0, 0.1) is 0 Å². The lowest BCUT2D eigenvalue weighted by atomic mass is 10.2. The van der Waals surface area contributed by atoms with Crippen molar-refractivity contribution in [1.29, 1.82) is 0 Å². The van der Waals surface area contributed by atoms with E-state index in [2.05, 4.69) is 10.1 Å². The van der Waals surface area contributed by atoms with Crippen LogP contribution in [0.1, 0.15) is 18.4 Å². The zero-order valence-electron chi connectivity index (χ0n) is 11.2. The highest BCUT2D eigenvalue weighted by Crippen LogP contribution is 2.30. The third-order valence-electron chi connectivity index (χ3n) is 3.28. The molecule has 1 N–H and O–H groups in total. The van der Waals surface area contributed by atoms with Crippen molar-refractivity contribution in [3.05, 3.63) is 23.8 Å². The molecule has 0 amide bonds. The lowest BCUT2D eigenvalue weighted by molar-refractivity contribution is 0.230. The van der Waals surface area contributed by atoms with Gasteiger partial charge in [0.15, 0.2) is 11.5 Å². The molecular weight excluding hydrogens is 244 g/mol. The van der Waals surface area contributed by atoms with Crippen LogP contribution in [0.2, 0.25) is 0 Å². The molecular formula is C14H20N2O3. The third kappa shape index (κ3) is 3.61. The normalized spacial score (nSPS) is 16.1. The molecule has 0 saturated carbocycles. The van der Waals surface area contributed by atoms with E-state index in [9.17, 15) is 0 Å². The Morgan fingerprint density at radius 1 is 1.37 bits per heavy atom. The zero-order valence-corrected chi connectivity index (χ0v) is 11.2. The van der Waals surface area contributed by atoms with Crippen molar-refractivity contribution in [2.45, 2.75) is 12.8 Å². The van der Waals surface area contributed by atoms with Gasteiger partial charge in [0.1, 0.15) is 6.61 Å². The standard InChI is InChI=1S/C14H20N2O3/c1-18-13-6-4-5-12(11-15-17)14(13)19-10-9-16-7-2-3-8-16/h4-6,11,17H,2-3,7-10H2,1H3. The van der Waals surface area contributed by atoms with Crippen LogP contribution >= 0.6 is 0 Å². The van der Waals surface area contributed by atoms with E-state index < -0.39 is 0 Å². The van der Waals surface area contributed by atoms with Gasteiger partial charge in [-0.25, -0.2) is 0 Å². The molecule has 0 bridgehead atoms. The van der Waals surface area contributed by atoms with Gasteiger partial charge in [-0.3, -0.25) is 4.90 Å². The minimum atomic E-state index is 0.604. The fraction of sp³-hybridized carbons (Fsp3) is 0.500. The minimum absolute atomic E-state index is 0.604. The van der Waals surface area contributed by atoms with Crippen molar-refractivity contribution in [2.75, 3.05) is 33.4 Å². The molecule has 1 aromatic rings. The van der Waals surface area contributed by atoms with Crippen molar-refractivity contribution in [1.82, 2.24) is 4.90 Å². The number of methoxy groups -OCH3 is 1. The van der Waals surface area contributed by atoms with Gasteiger partial charge in [0, 0.05) is 12.1 Å². The van der Waals surface area contributed by atoms with E-state index >= 15 is 0 Å². The zero-order chi connectivity index (χ0) is 13.5. The van der Waals surface area contributed by atoms with E-state index in [1.165, 1.54) is 19.1 Å². The van der Waals surface area contributed by atoms with Crippen LogP contribution in [0.5, 0.6) is 11.5 Å². The largest absolute Gasteiger partial charge is 0.493 e. The lowest BCUT2D eigenvalue weighted by Gasteiger charge is -2.17. The van der Waals surface area contributed by atoms with Gasteiger partial charge in [0.25, 0.3) is 0 Å². The topological polar surface area (TPSA) is 54.3 Å². The smallest absolute Gasteiger partial charge is 0.170 e. The quantitative estimate of drug-likeness (QED) is 0.485. The summed E-state index contributed by atoms with van der Waals surface area (Å²) in [5, 5.41) is 11.7. The summed E-state index contributed by atoms with van der Waals surface area (Å²) in [4.78, 5) is 2.38. The Hall–Kier alpha value is -1.75. The maximum atomic E-state index is 8.67. The molecule has 1 heterocycles. The Kier molecular flexibility index (Phi) is 5.03. The van der Waals surface area contributed by atoms with Crippen molar-refractivity contribution < 1.29 is 14.7 Å². The molecule has 1 aliphatic heterocycles. The van der Waals surface area contributed by atoms with Gasteiger partial charge in [-0.15, -0.1) is 0 Å². The first-order valence-corrected chi connectivity index (χ1v) is 6.54. The molecule has 0 spiro atoms. The first-order chi connectivity index (χ1) is 9.35. The van der Waals surface area contributed by atoms with E-state index in [0.29, 0.717) is 23.7 Å². The Morgan fingerprint density at radius 3 is 2.84 bits per heavy atom. The van der Waals surface area contributed by atoms with Crippen molar-refractivity contribution in [3.63, 3.8) is 0 Å². The Morgan fingerprint density at radius 2 is 2.16 bits per heavy atom. The van der Waals surface area contributed by atoms with E-state index in [4.69, 9.17) is 14.7 Å². The molecule has 1 aromatic carbocycles. The van der Waals surface area contributed by atoms with Crippen molar-refractivity contribution in [3.8, 4) is 11.5 Å². The number of para-hydroxylation sites is 1. The molecule has 0 unspecified atom stereocenters. The summed E-state index contributed by atoms with van der Waals surface area (Å²) < 4.78 is 11.1. The summed E-state index contributed by atoms with van der Waals surface area (Å²) in [5.41, 5.74) is 0.711. The van der Waals surface area contributed by atoms with Crippen LogP contribution < -0.4 is 9.47 Å². The van der Waals surface area contributed by atoms with Gasteiger partial charge in [-0.2, -0.15) is 0 Å². The van der Waals surface area contributed by atoms with Gasteiger partial charge in [0.05, 0.1) is 13.3 Å². The number of likely N-dealkylation sites (tertiary alicyclic amines) is 1. The number of rotatable bonds is 6. The fourth-order valence-electron chi connectivity index (χ4n) is 2.29. The molecule has 0 aromatic heterocycles. The average molecular weight is 264 g/mol. The first kappa shape index (κ1) is 13.7. The Balaban J connectivity index is 2.00. The molecule has 1 fully saturated rings. The maximum absolute atomic E-state index is 8.67. The van der Waals surface area contributed by atoms with Crippen LogP contribution in [0.4, 0.5) is 0 Å². The summed E-state index contributed by atoms with van der Waals surface area (Å²) in [5.74, 6) is 1.28. The van der Waals surface area contributed by atoms with Crippen LogP contribution in [0.25, 0.3) is 0 Å². The highest BCUT2D eigenvalue weighted by molar-refractivity contribution is 5.84. The molecule has 5 nitrogen and oxygen atoms in total. The van der Waals surface area contributed by atoms with E-state index in [0.717, 1.165) is 19.6 Å². The first-order valence-electron chi connectivity index (χ1n) is 6.54. The van der Waals surface area contributed by atoms with Gasteiger partial charge < -0.3 is 14.7 Å². The molecule has 19 heavy (non-hydrogen) atoms. The lowest BCUT2D eigenvalue weighted by Crippen LogP contribution is -2.25. The third-order valence-corrected chi connectivity index (χ3v) is 3.28. The predicted octanol–water partition coefficient (Wildman–Crippen LogP) is 1.98. The molecule has 0 aliphatic carbocycles. The number of benzene rings is 1. The molecule has 1 aliphatic rings. The fourth-order valence-corrected chi connectivity index (χ4v) is 2.29. The molecule has 2 rings (SSSR count). The number of ether oxygens (including phenoxy) is 2. The second-order valence-corrected chi connectivity index (χ2v) is 4.52. The van der Waals surface area contributed by atoms with Crippen LogP contribution in [-0.4, -0.2) is 49.7 Å². The highest BCUT2D eigenvalue weighted by atomic mass is 16.5. The summed E-state index contributed by atoms with van der Waals surface area (Å²) in [6.45, 7) is 3.82. The van der Waals surface area contributed by atoms with Crippen molar-refractivity contribution in [2.24, 2.45) is 5.16 Å². The average Bonchev–Trinajstić information content (AvgIpc) is 2.93. The number of hydrogen-bond donors (Lipinski definition) is 1. The summed E-state index contributed by atoms with van der Waals surface area (Å²) in [7, 11) is 1.60. The number of hydrogen-bond acceptors (Lipinski definition) is 5. The van der Waals surface area contributed by atoms with Crippen LogP contribution in [0.15, 0.2) is 23.4 Å². The predicted molar refractivity (Wildman–Crippen MR) is 73.5 cm³/mol. The molecule has 104 valence electrons. The summed E-state index contributed by atoms with van der Waals surface area (Å²) in [6, 6.07) is 5.50. The summed E-state index contributed by atoms with van der Waals surface area (Å²) in [6.07, 6.45) is 3.90. The van der Waals surface area contributed by atoms with Gasteiger partial charge in [0.2, 0.25) is 0 Å². The molecule has 0 atom stereocenters. The van der Waals surface area contributed by atoms with Gasteiger partial charge >= 0.3 is 0 Å². The van der Waals surface area contributed by atoms with E-state index in [-0.39, 0.29) is 0 Å². The van der Waals surface area contributed by atoms with E-state index in [1.54, 1.807) is 7.11 Å². The molecule has 1 saturated heterocycles. The van der Waals surface area contributed by atoms with Crippen LogP contribution in [0.3, 0.4) is 0 Å². The number of oxime groups is 1. The van der Waals surface area contributed by atoms with E-state index in [1.807, 2.05) is 18.2 Å². The van der Waals surface area contributed by atoms with Gasteiger partial charge in [-0.05, 0) is 38.1 Å². The number of nitrogens with zero attached hydrogens (tertiary/aromatic N) is 2. The van der Waals surface area contributed by atoms with Gasteiger partial charge in [-0.1, -0.05) is 11.2 Å². The Bertz CT molecular complexity index is 429. The highest BCUT2D eigenvalue weighted by Gasteiger charge is 2.13. The second kappa shape index (κ2) is 6.99. The molecule has 5 heteroatoms.